The molecule has 0 spiro atoms. The molecule has 0 aliphatic rings. The van der Waals surface area contributed by atoms with Crippen molar-refractivity contribution in [1.29, 1.82) is 0 Å². The number of hydrogen-bond acceptors (Lipinski definition) is 2. The molecule has 0 saturated heterocycles. The lowest BCUT2D eigenvalue weighted by Gasteiger charge is -2.15. The fraction of sp³-hybridized carbons (Fsp3) is 0.231. The number of hydrogen-bond donors (Lipinski definition) is 1. The number of benzene rings is 1. The van der Waals surface area contributed by atoms with Crippen molar-refractivity contribution in [3.8, 4) is 0 Å². The highest BCUT2D eigenvalue weighted by Gasteiger charge is 2.17. The van der Waals surface area contributed by atoms with Crippen LogP contribution in [0.2, 0.25) is 0 Å². The Balaban J connectivity index is 2.40. The maximum Gasteiger partial charge on any atom is 0.125 e. The largest absolute Gasteiger partial charge is 0.464 e. The van der Waals surface area contributed by atoms with E-state index in [1.54, 1.807) is 0 Å². The second-order valence-corrected chi connectivity index (χ2v) is 4.55. The van der Waals surface area contributed by atoms with E-state index in [-0.39, 0.29) is 6.04 Å². The first-order valence-electron chi connectivity index (χ1n) is 5.20. The number of aryl methyl sites for hydroxylation is 1. The molecule has 0 fully saturated rings. The van der Waals surface area contributed by atoms with Crippen LogP contribution < -0.4 is 5.32 Å². The van der Waals surface area contributed by atoms with Crippen molar-refractivity contribution in [2.45, 2.75) is 13.0 Å². The van der Waals surface area contributed by atoms with Crippen LogP contribution >= 0.6 is 15.9 Å². The van der Waals surface area contributed by atoms with E-state index in [9.17, 15) is 0 Å². The average molecular weight is 280 g/mol. The Morgan fingerprint density at radius 3 is 2.50 bits per heavy atom. The highest BCUT2D eigenvalue weighted by atomic mass is 79.9. The molecule has 0 saturated carbocycles. The second kappa shape index (κ2) is 4.85. The average Bonchev–Trinajstić information content (AvgIpc) is 2.69. The quantitative estimate of drug-likeness (QED) is 0.928. The molecule has 0 amide bonds. The van der Waals surface area contributed by atoms with Gasteiger partial charge < -0.3 is 9.73 Å². The van der Waals surface area contributed by atoms with Crippen molar-refractivity contribution in [2.24, 2.45) is 0 Å². The number of furan rings is 1. The third kappa shape index (κ3) is 2.20. The zero-order valence-electron chi connectivity index (χ0n) is 9.33. The number of nitrogens with one attached hydrogen (secondary N) is 1. The molecule has 0 radical (unpaired) electrons. The Morgan fingerprint density at radius 1 is 1.19 bits per heavy atom. The fourth-order valence-corrected chi connectivity index (χ4v) is 2.28. The maximum atomic E-state index is 5.66. The van der Waals surface area contributed by atoms with E-state index >= 15 is 0 Å². The lowest BCUT2D eigenvalue weighted by Crippen LogP contribution is -2.17. The van der Waals surface area contributed by atoms with Gasteiger partial charge in [0.1, 0.15) is 11.5 Å². The molecule has 1 N–H and O–H groups in total. The molecule has 1 aromatic heterocycles. The molecular weight excluding hydrogens is 266 g/mol. The minimum atomic E-state index is 0.0873. The number of halogens is 1. The lowest BCUT2D eigenvalue weighted by atomic mass is 10.1. The first kappa shape index (κ1) is 11.4. The molecule has 0 bridgehead atoms. The van der Waals surface area contributed by atoms with E-state index in [1.807, 2.05) is 44.3 Å². The van der Waals surface area contributed by atoms with Gasteiger partial charge in [0.15, 0.2) is 0 Å². The van der Waals surface area contributed by atoms with Gasteiger partial charge in [-0.3, -0.25) is 0 Å². The summed E-state index contributed by atoms with van der Waals surface area (Å²) in [6.45, 7) is 1.95. The Morgan fingerprint density at radius 2 is 1.94 bits per heavy atom. The van der Waals surface area contributed by atoms with Crippen molar-refractivity contribution in [1.82, 2.24) is 5.32 Å². The SMILES string of the molecule is CNC(c1ccc(C)o1)c1ccccc1Br. The van der Waals surface area contributed by atoms with Crippen LogP contribution in [-0.2, 0) is 0 Å². The van der Waals surface area contributed by atoms with Gasteiger partial charge in [0.25, 0.3) is 0 Å². The van der Waals surface area contributed by atoms with Crippen LogP contribution in [0, 0.1) is 6.92 Å². The van der Waals surface area contributed by atoms with E-state index in [4.69, 9.17) is 4.42 Å². The maximum absolute atomic E-state index is 5.66. The summed E-state index contributed by atoms with van der Waals surface area (Å²) < 4.78 is 6.75. The Bertz CT molecular complexity index is 478. The molecule has 3 heteroatoms. The van der Waals surface area contributed by atoms with Gasteiger partial charge in [-0.15, -0.1) is 0 Å². The molecule has 0 aliphatic carbocycles. The molecule has 0 aliphatic heterocycles. The topological polar surface area (TPSA) is 25.2 Å². The normalized spacial score (nSPS) is 12.7. The van der Waals surface area contributed by atoms with Gasteiger partial charge in [-0.1, -0.05) is 34.1 Å². The summed E-state index contributed by atoms with van der Waals surface area (Å²) >= 11 is 3.56. The van der Waals surface area contributed by atoms with Crippen LogP contribution in [-0.4, -0.2) is 7.05 Å². The van der Waals surface area contributed by atoms with Gasteiger partial charge >= 0.3 is 0 Å². The van der Waals surface area contributed by atoms with E-state index in [2.05, 4.69) is 27.3 Å². The van der Waals surface area contributed by atoms with Crippen molar-refractivity contribution in [2.75, 3.05) is 7.05 Å². The minimum Gasteiger partial charge on any atom is -0.464 e. The summed E-state index contributed by atoms with van der Waals surface area (Å²) in [6.07, 6.45) is 0. The van der Waals surface area contributed by atoms with Gasteiger partial charge in [0, 0.05) is 4.47 Å². The van der Waals surface area contributed by atoms with Gasteiger partial charge in [-0.2, -0.15) is 0 Å². The van der Waals surface area contributed by atoms with Crippen LogP contribution in [0.5, 0.6) is 0 Å². The molecule has 2 rings (SSSR count). The van der Waals surface area contributed by atoms with Gasteiger partial charge in [0.05, 0.1) is 6.04 Å². The Hall–Kier alpha value is -1.06. The molecule has 16 heavy (non-hydrogen) atoms. The molecule has 1 unspecified atom stereocenters. The van der Waals surface area contributed by atoms with E-state index in [1.165, 1.54) is 5.56 Å². The van der Waals surface area contributed by atoms with E-state index in [0.717, 1.165) is 16.0 Å². The van der Waals surface area contributed by atoms with Crippen molar-refractivity contribution in [3.63, 3.8) is 0 Å². The van der Waals surface area contributed by atoms with Gasteiger partial charge in [-0.25, -0.2) is 0 Å². The van der Waals surface area contributed by atoms with Crippen molar-refractivity contribution < 1.29 is 4.42 Å². The predicted octanol–water partition coefficient (Wildman–Crippen LogP) is 3.66. The van der Waals surface area contributed by atoms with Crippen LogP contribution in [0.3, 0.4) is 0 Å². The summed E-state index contributed by atoms with van der Waals surface area (Å²) in [5.74, 6) is 1.87. The van der Waals surface area contributed by atoms with E-state index < -0.39 is 0 Å². The molecule has 1 aromatic carbocycles. The molecule has 2 nitrogen and oxygen atoms in total. The molecular formula is C13H14BrNO. The summed E-state index contributed by atoms with van der Waals surface area (Å²) in [5.41, 5.74) is 1.18. The highest BCUT2D eigenvalue weighted by molar-refractivity contribution is 9.10. The van der Waals surface area contributed by atoms with Crippen molar-refractivity contribution >= 4 is 15.9 Å². The van der Waals surface area contributed by atoms with Crippen LogP contribution in [0.1, 0.15) is 23.1 Å². The number of rotatable bonds is 3. The smallest absolute Gasteiger partial charge is 0.125 e. The summed E-state index contributed by atoms with van der Waals surface area (Å²) in [6, 6.07) is 12.2. The molecule has 1 atom stereocenters. The zero-order valence-corrected chi connectivity index (χ0v) is 10.9. The Labute approximate surface area is 104 Å². The third-order valence-corrected chi connectivity index (χ3v) is 3.27. The first-order chi connectivity index (χ1) is 7.72. The molecule has 2 aromatic rings. The second-order valence-electron chi connectivity index (χ2n) is 3.69. The van der Waals surface area contributed by atoms with Crippen LogP contribution in [0.15, 0.2) is 45.3 Å². The standard InChI is InChI=1S/C13H14BrNO/c1-9-7-8-12(16-9)13(15-2)10-5-3-4-6-11(10)14/h3-8,13,15H,1-2H3. The fourth-order valence-electron chi connectivity index (χ4n) is 1.77. The van der Waals surface area contributed by atoms with Crippen molar-refractivity contribution in [3.05, 3.63) is 58.0 Å². The van der Waals surface area contributed by atoms with Crippen LogP contribution in [0.4, 0.5) is 0 Å². The van der Waals surface area contributed by atoms with E-state index in [0.29, 0.717) is 0 Å². The first-order valence-corrected chi connectivity index (χ1v) is 5.99. The Kier molecular flexibility index (Phi) is 3.46. The summed E-state index contributed by atoms with van der Waals surface area (Å²) in [5, 5.41) is 3.27. The minimum absolute atomic E-state index is 0.0873. The molecule has 84 valence electrons. The summed E-state index contributed by atoms with van der Waals surface area (Å²) in [7, 11) is 1.93. The third-order valence-electron chi connectivity index (χ3n) is 2.55. The zero-order chi connectivity index (χ0) is 11.5. The molecule has 1 heterocycles. The predicted molar refractivity (Wildman–Crippen MR) is 68.5 cm³/mol. The van der Waals surface area contributed by atoms with Crippen LogP contribution in [0.25, 0.3) is 0 Å². The van der Waals surface area contributed by atoms with Gasteiger partial charge in [0.2, 0.25) is 0 Å². The van der Waals surface area contributed by atoms with Gasteiger partial charge in [-0.05, 0) is 37.7 Å². The lowest BCUT2D eigenvalue weighted by molar-refractivity contribution is 0.443. The summed E-state index contributed by atoms with van der Waals surface area (Å²) in [4.78, 5) is 0. The highest BCUT2D eigenvalue weighted by Crippen LogP contribution is 2.29. The monoisotopic (exact) mass is 279 g/mol.